The minimum absolute atomic E-state index is 0.0101. The Labute approximate surface area is 119 Å². The zero-order chi connectivity index (χ0) is 15.5. The van der Waals surface area contributed by atoms with Crippen LogP contribution in [0.1, 0.15) is 20.8 Å². The molecular weight excluding hydrogens is 284 g/mol. The quantitative estimate of drug-likeness (QED) is 0.474. The van der Waals surface area contributed by atoms with Gasteiger partial charge in [0.25, 0.3) is 0 Å². The zero-order valence-electron chi connectivity index (χ0n) is 11.8. The van der Waals surface area contributed by atoms with Crippen LogP contribution in [0.4, 0.5) is 0 Å². The number of nitrogens with zero attached hydrogens (tertiary/aromatic N) is 2. The monoisotopic (exact) mass is 302 g/mol. The number of hydrogen-bond acceptors (Lipinski definition) is 6. The molecule has 0 bridgehead atoms. The maximum absolute atomic E-state index is 11.4. The van der Waals surface area contributed by atoms with Crippen LogP contribution in [0.2, 0.25) is 0 Å². The average molecular weight is 302 g/mol. The summed E-state index contributed by atoms with van der Waals surface area (Å²) in [5.74, 6) is -0.833. The molecule has 9 heteroatoms. The highest BCUT2D eigenvalue weighted by Crippen LogP contribution is 2.20. The van der Waals surface area contributed by atoms with Crippen LogP contribution in [0.3, 0.4) is 0 Å². The molecule has 1 aromatic heterocycles. The number of carboxylic acids is 1. The molecule has 0 spiro atoms. The number of aromatic nitrogens is 3. The first-order chi connectivity index (χ1) is 9.15. The van der Waals surface area contributed by atoms with Crippen molar-refractivity contribution in [3.05, 3.63) is 20.7 Å². The fourth-order valence-electron chi connectivity index (χ4n) is 1.60. The van der Waals surface area contributed by atoms with E-state index in [4.69, 9.17) is 0 Å². The van der Waals surface area contributed by atoms with Gasteiger partial charge in [0, 0.05) is 18.8 Å². The van der Waals surface area contributed by atoms with E-state index in [0.29, 0.717) is 0 Å². The normalized spacial score (nSPS) is 14.2. The van der Waals surface area contributed by atoms with E-state index in [1.54, 1.807) is 6.92 Å². The second-order valence-electron chi connectivity index (χ2n) is 4.92. The summed E-state index contributed by atoms with van der Waals surface area (Å²) in [7, 11) is 1.53. The first-order valence-corrected chi connectivity index (χ1v) is 6.95. The number of carbonyl (C=O) groups is 1. The van der Waals surface area contributed by atoms with Crippen molar-refractivity contribution in [2.24, 2.45) is 7.05 Å². The van der Waals surface area contributed by atoms with E-state index in [2.05, 4.69) is 15.4 Å². The van der Waals surface area contributed by atoms with Crippen molar-refractivity contribution in [1.29, 1.82) is 0 Å². The zero-order valence-corrected chi connectivity index (χ0v) is 12.6. The van der Waals surface area contributed by atoms with Gasteiger partial charge in [-0.3, -0.25) is 29.5 Å². The highest BCUT2D eigenvalue weighted by Gasteiger charge is 2.34. The van der Waals surface area contributed by atoms with Crippen LogP contribution in [0, 0.1) is 0 Å². The minimum atomic E-state index is -1.16. The molecule has 1 rings (SSSR count). The largest absolute Gasteiger partial charge is 0.480 e. The maximum atomic E-state index is 11.4. The van der Waals surface area contributed by atoms with Gasteiger partial charge in [-0.15, -0.1) is 0 Å². The van der Waals surface area contributed by atoms with E-state index in [9.17, 15) is 19.5 Å². The van der Waals surface area contributed by atoms with E-state index in [1.807, 2.05) is 13.8 Å². The van der Waals surface area contributed by atoms with Crippen molar-refractivity contribution in [1.82, 2.24) is 20.1 Å². The molecule has 20 heavy (non-hydrogen) atoms. The van der Waals surface area contributed by atoms with Gasteiger partial charge in [-0.1, -0.05) is 11.8 Å². The van der Waals surface area contributed by atoms with Gasteiger partial charge in [-0.25, -0.2) is 0 Å². The summed E-state index contributed by atoms with van der Waals surface area (Å²) >= 11 is 1.09. The Bertz CT molecular complexity index is 609. The Morgan fingerprint density at radius 1 is 1.55 bits per heavy atom. The molecule has 1 heterocycles. The van der Waals surface area contributed by atoms with Gasteiger partial charge in [-0.05, 0) is 20.8 Å². The second kappa shape index (κ2) is 6.23. The summed E-state index contributed by atoms with van der Waals surface area (Å²) in [6, 6.07) is -0.0101. The van der Waals surface area contributed by atoms with Crippen LogP contribution < -0.4 is 16.4 Å². The Morgan fingerprint density at radius 3 is 2.65 bits per heavy atom. The smallest absolute Gasteiger partial charge is 0.339 e. The number of aryl methyl sites for hydroxylation is 1. The predicted molar refractivity (Wildman–Crippen MR) is 75.1 cm³/mol. The Balaban J connectivity index is 2.94. The second-order valence-corrected chi connectivity index (χ2v) is 5.87. The van der Waals surface area contributed by atoms with Crippen LogP contribution in [0.5, 0.6) is 0 Å². The van der Waals surface area contributed by atoms with Gasteiger partial charge in [0.2, 0.25) is 0 Å². The molecule has 0 aliphatic rings. The summed E-state index contributed by atoms with van der Waals surface area (Å²) in [6.07, 6.45) is 0. The van der Waals surface area contributed by atoms with Gasteiger partial charge < -0.3 is 5.11 Å². The van der Waals surface area contributed by atoms with Crippen LogP contribution >= 0.6 is 11.8 Å². The Hall–Kier alpha value is -1.61. The van der Waals surface area contributed by atoms with E-state index in [1.165, 1.54) is 11.7 Å². The van der Waals surface area contributed by atoms with Crippen LogP contribution in [-0.2, 0) is 11.8 Å². The van der Waals surface area contributed by atoms with Crippen molar-refractivity contribution < 1.29 is 9.90 Å². The van der Waals surface area contributed by atoms with Crippen molar-refractivity contribution in [3.8, 4) is 0 Å². The molecule has 0 fully saturated rings. The van der Waals surface area contributed by atoms with E-state index in [0.717, 1.165) is 11.8 Å². The average Bonchev–Trinajstić information content (AvgIpc) is 2.31. The summed E-state index contributed by atoms with van der Waals surface area (Å²) in [4.78, 5) is 37.3. The molecular formula is C11H18N4O4S. The van der Waals surface area contributed by atoms with Crippen LogP contribution in [0.25, 0.3) is 0 Å². The molecule has 0 aliphatic carbocycles. The molecule has 0 aliphatic heterocycles. The van der Waals surface area contributed by atoms with Crippen LogP contribution in [-0.4, -0.2) is 43.2 Å². The van der Waals surface area contributed by atoms with Gasteiger partial charge >= 0.3 is 17.1 Å². The van der Waals surface area contributed by atoms with Gasteiger partial charge in [0.1, 0.15) is 5.54 Å². The summed E-state index contributed by atoms with van der Waals surface area (Å²) < 4.78 is 1.30. The number of rotatable bonds is 6. The molecule has 0 saturated carbocycles. The minimum Gasteiger partial charge on any atom is -0.480 e. The first-order valence-electron chi connectivity index (χ1n) is 5.97. The number of aliphatic carboxylic acids is 1. The highest BCUT2D eigenvalue weighted by atomic mass is 32.2. The van der Waals surface area contributed by atoms with Gasteiger partial charge in [0.05, 0.1) is 0 Å². The Kier molecular flexibility index (Phi) is 5.12. The maximum Gasteiger partial charge on any atom is 0.339 e. The van der Waals surface area contributed by atoms with E-state index < -0.39 is 22.6 Å². The summed E-state index contributed by atoms with van der Waals surface area (Å²) in [6.45, 7) is 5.26. The van der Waals surface area contributed by atoms with E-state index >= 15 is 0 Å². The molecule has 0 amide bonds. The third kappa shape index (κ3) is 3.94. The topological polar surface area (TPSA) is 117 Å². The lowest BCUT2D eigenvalue weighted by molar-refractivity contribution is -0.143. The number of aromatic amines is 1. The fourth-order valence-corrected chi connectivity index (χ4v) is 2.61. The summed E-state index contributed by atoms with van der Waals surface area (Å²) in [5.41, 5.74) is -2.86. The standard InChI is InChI=1S/C11H18N4O4S/c1-6(2)13-11(3,9(18)19)5-20-10-12-7(16)8(17)14-15(10)4/h6,13H,5H2,1-4H3,(H,14,17)(H,18,19). The van der Waals surface area contributed by atoms with Crippen molar-refractivity contribution in [3.63, 3.8) is 0 Å². The molecule has 3 N–H and O–H groups in total. The molecule has 1 aromatic rings. The molecule has 8 nitrogen and oxygen atoms in total. The number of nitrogens with one attached hydrogen (secondary N) is 2. The Morgan fingerprint density at radius 2 is 2.15 bits per heavy atom. The highest BCUT2D eigenvalue weighted by molar-refractivity contribution is 7.99. The number of hydrogen-bond donors (Lipinski definition) is 3. The molecule has 112 valence electrons. The third-order valence-corrected chi connectivity index (χ3v) is 3.86. The number of carboxylic acid groups (broad SMARTS) is 1. The molecule has 0 radical (unpaired) electrons. The third-order valence-electron chi connectivity index (χ3n) is 2.52. The van der Waals surface area contributed by atoms with Gasteiger partial charge in [-0.2, -0.15) is 4.98 Å². The van der Waals surface area contributed by atoms with Gasteiger partial charge in [0.15, 0.2) is 5.16 Å². The molecule has 1 unspecified atom stereocenters. The fraction of sp³-hybridized carbons (Fsp3) is 0.636. The first kappa shape index (κ1) is 16.4. The number of H-pyrrole nitrogens is 1. The van der Waals surface area contributed by atoms with Crippen molar-refractivity contribution in [2.75, 3.05) is 5.75 Å². The SMILES string of the molecule is CC(C)NC(C)(CSc1nc(=O)c(=O)[nH]n1C)C(=O)O. The van der Waals surface area contributed by atoms with Crippen LogP contribution in [0.15, 0.2) is 14.7 Å². The van der Waals surface area contributed by atoms with E-state index in [-0.39, 0.29) is 17.0 Å². The molecule has 0 aromatic carbocycles. The van der Waals surface area contributed by atoms with Crippen molar-refractivity contribution >= 4 is 17.7 Å². The number of thioether (sulfide) groups is 1. The predicted octanol–water partition coefficient (Wildman–Crippen LogP) is -0.598. The molecule has 0 saturated heterocycles. The lowest BCUT2D eigenvalue weighted by Crippen LogP contribution is -2.54. The van der Waals surface area contributed by atoms with Crippen molar-refractivity contribution in [2.45, 2.75) is 37.5 Å². The lowest BCUT2D eigenvalue weighted by atomic mass is 10.1. The molecule has 1 atom stereocenters. The lowest BCUT2D eigenvalue weighted by Gasteiger charge is -2.28. The summed E-state index contributed by atoms with van der Waals surface area (Å²) in [5, 5.41) is 14.8.